The molecule has 1 aliphatic heterocycles. The molecule has 0 saturated carbocycles. The zero-order valence-corrected chi connectivity index (χ0v) is 11.7. The van der Waals surface area contributed by atoms with E-state index in [1.165, 1.54) is 0 Å². The maximum absolute atomic E-state index is 5.94. The predicted molar refractivity (Wildman–Crippen MR) is 71.1 cm³/mol. The zero-order valence-electron chi connectivity index (χ0n) is 10.1. The Morgan fingerprint density at radius 3 is 2.89 bits per heavy atom. The molecule has 5 heteroatoms. The Labute approximate surface area is 113 Å². The van der Waals surface area contributed by atoms with Crippen molar-refractivity contribution < 1.29 is 13.9 Å². The molecule has 96 valence electrons. The van der Waals surface area contributed by atoms with E-state index in [2.05, 4.69) is 27.0 Å². The van der Waals surface area contributed by atoms with E-state index >= 15 is 0 Å². The summed E-state index contributed by atoms with van der Waals surface area (Å²) in [4.78, 5) is 4.20. The molecule has 0 N–H and O–H groups in total. The van der Waals surface area contributed by atoms with Crippen LogP contribution in [-0.2, 0) is 4.74 Å². The van der Waals surface area contributed by atoms with Crippen LogP contribution < -0.4 is 4.74 Å². The van der Waals surface area contributed by atoms with Crippen molar-refractivity contribution in [3.63, 3.8) is 0 Å². The highest BCUT2D eigenvalue weighted by atomic mass is 79.9. The van der Waals surface area contributed by atoms with E-state index in [1.807, 2.05) is 0 Å². The molecular weight excluding hydrogens is 298 g/mol. The Bertz CT molecular complexity index is 561. The second-order valence-electron chi connectivity index (χ2n) is 4.39. The number of hydrogen-bond acceptors (Lipinski definition) is 4. The number of furan rings is 1. The van der Waals surface area contributed by atoms with Crippen LogP contribution in [0.25, 0.3) is 11.0 Å². The largest absolute Gasteiger partial charge is 0.478 e. The fourth-order valence-corrected chi connectivity index (χ4v) is 2.72. The van der Waals surface area contributed by atoms with Crippen LogP contribution in [0.2, 0.25) is 0 Å². The Morgan fingerprint density at radius 2 is 2.17 bits per heavy atom. The van der Waals surface area contributed by atoms with E-state index < -0.39 is 0 Å². The van der Waals surface area contributed by atoms with Gasteiger partial charge in [0, 0.05) is 35.2 Å². The van der Waals surface area contributed by atoms with Gasteiger partial charge in [0.1, 0.15) is 5.76 Å². The van der Waals surface area contributed by atoms with Crippen LogP contribution in [0.1, 0.15) is 24.5 Å². The highest BCUT2D eigenvalue weighted by molar-refractivity contribution is 9.10. The molecule has 4 nitrogen and oxygen atoms in total. The fourth-order valence-electron chi connectivity index (χ4n) is 2.32. The molecule has 0 amide bonds. The SMILES string of the molecule is COc1ncc(Br)c2cc(C3CCOCC3)oc12. The number of aromatic nitrogens is 1. The van der Waals surface area contributed by atoms with Crippen molar-refractivity contribution in [1.82, 2.24) is 4.98 Å². The van der Waals surface area contributed by atoms with Crippen molar-refractivity contribution in [2.75, 3.05) is 20.3 Å². The number of pyridine rings is 1. The van der Waals surface area contributed by atoms with E-state index in [0.29, 0.717) is 17.4 Å². The minimum Gasteiger partial charge on any atom is -0.478 e. The lowest BCUT2D eigenvalue weighted by atomic mass is 9.97. The molecule has 1 fully saturated rings. The Hall–Kier alpha value is -1.07. The molecule has 1 aliphatic rings. The first kappa shape index (κ1) is 12.0. The number of halogens is 1. The second kappa shape index (κ2) is 4.90. The van der Waals surface area contributed by atoms with Crippen molar-refractivity contribution in [2.45, 2.75) is 18.8 Å². The van der Waals surface area contributed by atoms with Crippen LogP contribution in [-0.4, -0.2) is 25.3 Å². The summed E-state index contributed by atoms with van der Waals surface area (Å²) in [5.74, 6) is 1.97. The molecule has 0 aromatic carbocycles. The highest BCUT2D eigenvalue weighted by Crippen LogP contribution is 2.37. The molecule has 0 bridgehead atoms. The number of nitrogens with zero attached hydrogens (tertiary/aromatic N) is 1. The summed E-state index contributed by atoms with van der Waals surface area (Å²) in [6, 6.07) is 2.08. The standard InChI is InChI=1S/C13H14BrNO3/c1-16-13-12-9(10(14)7-15-13)6-11(18-12)8-2-4-17-5-3-8/h6-8H,2-5H2,1H3. The summed E-state index contributed by atoms with van der Waals surface area (Å²) in [7, 11) is 1.60. The summed E-state index contributed by atoms with van der Waals surface area (Å²) < 4.78 is 17.5. The maximum atomic E-state index is 5.94. The summed E-state index contributed by atoms with van der Waals surface area (Å²) in [6.07, 6.45) is 3.75. The summed E-state index contributed by atoms with van der Waals surface area (Å²) in [5, 5.41) is 1.02. The second-order valence-corrected chi connectivity index (χ2v) is 5.25. The van der Waals surface area contributed by atoms with E-state index in [0.717, 1.165) is 41.7 Å². The first-order valence-corrected chi connectivity index (χ1v) is 6.78. The summed E-state index contributed by atoms with van der Waals surface area (Å²) in [5.41, 5.74) is 0.716. The van der Waals surface area contributed by atoms with Crippen LogP contribution in [0.3, 0.4) is 0 Å². The van der Waals surface area contributed by atoms with Gasteiger partial charge in [-0.2, -0.15) is 0 Å². The third-order valence-electron chi connectivity index (χ3n) is 3.31. The lowest BCUT2D eigenvalue weighted by Gasteiger charge is -2.19. The van der Waals surface area contributed by atoms with Crippen molar-refractivity contribution in [1.29, 1.82) is 0 Å². The van der Waals surface area contributed by atoms with Crippen molar-refractivity contribution in [3.05, 3.63) is 22.5 Å². The highest BCUT2D eigenvalue weighted by Gasteiger charge is 2.22. The molecule has 2 aromatic heterocycles. The topological polar surface area (TPSA) is 44.5 Å². The monoisotopic (exact) mass is 311 g/mol. The third kappa shape index (κ3) is 2.01. The molecule has 0 spiro atoms. The first-order chi connectivity index (χ1) is 8.79. The zero-order chi connectivity index (χ0) is 12.5. The van der Waals surface area contributed by atoms with Crippen LogP contribution in [0.15, 0.2) is 21.2 Å². The lowest BCUT2D eigenvalue weighted by Crippen LogP contribution is -2.13. The molecule has 1 saturated heterocycles. The maximum Gasteiger partial charge on any atom is 0.258 e. The minimum atomic E-state index is 0.433. The van der Waals surface area contributed by atoms with Crippen LogP contribution in [0, 0.1) is 0 Å². The summed E-state index contributed by atoms with van der Waals surface area (Å²) >= 11 is 3.49. The van der Waals surface area contributed by atoms with Crippen molar-refractivity contribution in [2.24, 2.45) is 0 Å². The fraction of sp³-hybridized carbons (Fsp3) is 0.462. The van der Waals surface area contributed by atoms with Crippen molar-refractivity contribution >= 4 is 26.9 Å². The van der Waals surface area contributed by atoms with Gasteiger partial charge in [0.15, 0.2) is 5.58 Å². The molecular formula is C13H14BrNO3. The Balaban J connectivity index is 2.06. The first-order valence-electron chi connectivity index (χ1n) is 5.99. The van der Waals surface area contributed by atoms with Crippen LogP contribution >= 0.6 is 15.9 Å². The molecule has 2 aromatic rings. The molecule has 0 radical (unpaired) electrons. The van der Waals surface area contributed by atoms with Gasteiger partial charge >= 0.3 is 0 Å². The number of rotatable bonds is 2. The van der Waals surface area contributed by atoms with Gasteiger partial charge in [0.2, 0.25) is 0 Å². The molecule has 18 heavy (non-hydrogen) atoms. The van der Waals surface area contributed by atoms with E-state index in [9.17, 15) is 0 Å². The Kier molecular flexibility index (Phi) is 3.26. The van der Waals surface area contributed by atoms with Gasteiger partial charge in [-0.15, -0.1) is 0 Å². The van der Waals surface area contributed by atoms with Gasteiger partial charge in [0.25, 0.3) is 5.88 Å². The number of methoxy groups -OCH3 is 1. The van der Waals surface area contributed by atoms with Crippen LogP contribution in [0.5, 0.6) is 5.88 Å². The lowest BCUT2D eigenvalue weighted by molar-refractivity contribution is 0.0810. The molecule has 0 atom stereocenters. The predicted octanol–water partition coefficient (Wildman–Crippen LogP) is 3.49. The Morgan fingerprint density at radius 1 is 1.39 bits per heavy atom. The average molecular weight is 312 g/mol. The molecule has 0 unspecified atom stereocenters. The average Bonchev–Trinajstić information content (AvgIpc) is 2.86. The van der Waals surface area contributed by atoms with Gasteiger partial charge in [-0.05, 0) is 34.8 Å². The molecule has 0 aliphatic carbocycles. The van der Waals surface area contributed by atoms with E-state index in [-0.39, 0.29) is 0 Å². The van der Waals surface area contributed by atoms with Gasteiger partial charge in [-0.1, -0.05) is 0 Å². The van der Waals surface area contributed by atoms with Gasteiger partial charge in [-0.3, -0.25) is 0 Å². The van der Waals surface area contributed by atoms with Gasteiger partial charge in [0.05, 0.1) is 7.11 Å². The van der Waals surface area contributed by atoms with Gasteiger partial charge in [-0.25, -0.2) is 4.98 Å². The quantitative estimate of drug-likeness (QED) is 0.851. The normalized spacial score (nSPS) is 17.2. The molecule has 3 rings (SSSR count). The van der Waals surface area contributed by atoms with E-state index in [4.69, 9.17) is 13.9 Å². The number of fused-ring (bicyclic) bond motifs is 1. The third-order valence-corrected chi connectivity index (χ3v) is 3.95. The van der Waals surface area contributed by atoms with Crippen LogP contribution in [0.4, 0.5) is 0 Å². The number of ether oxygens (including phenoxy) is 2. The number of hydrogen-bond donors (Lipinski definition) is 0. The molecule has 3 heterocycles. The van der Waals surface area contributed by atoms with E-state index in [1.54, 1.807) is 13.3 Å². The van der Waals surface area contributed by atoms with Crippen molar-refractivity contribution in [3.8, 4) is 5.88 Å². The minimum absolute atomic E-state index is 0.433. The van der Waals surface area contributed by atoms with Gasteiger partial charge < -0.3 is 13.9 Å². The smallest absolute Gasteiger partial charge is 0.258 e. The summed E-state index contributed by atoms with van der Waals surface area (Å²) in [6.45, 7) is 1.61.